The number of thiophene rings is 1. The number of aliphatic hydroxyl groups is 1. The lowest BCUT2D eigenvalue weighted by atomic mass is 9.95. The number of alkyl halides is 6. The first-order valence-electron chi connectivity index (χ1n) is 8.82. The molecule has 2 aromatic heterocycles. The van der Waals surface area contributed by atoms with Crippen LogP contribution in [0, 0.1) is 0 Å². The Balaban J connectivity index is 2.05. The quantitative estimate of drug-likeness (QED) is 0.540. The molecule has 8 nitrogen and oxygen atoms in total. The van der Waals surface area contributed by atoms with Crippen LogP contribution in [0.1, 0.15) is 12.5 Å². The lowest BCUT2D eigenvalue weighted by Crippen LogP contribution is -2.64. The fraction of sp³-hybridized carbons (Fsp3) is 0.500. The molecule has 32 heavy (non-hydrogen) atoms. The van der Waals surface area contributed by atoms with Crippen LogP contribution in [-0.2, 0) is 15.4 Å². The largest absolute Gasteiger partial charge is 0.430 e. The minimum atomic E-state index is -6.10. The minimum Gasteiger partial charge on any atom is -0.391 e. The predicted octanol–water partition coefficient (Wildman–Crippen LogP) is 2.03. The molecule has 0 aromatic carbocycles. The fourth-order valence-corrected chi connectivity index (χ4v) is 6.43. The molecule has 0 spiro atoms. The first-order chi connectivity index (χ1) is 14.6. The molecule has 1 atom stereocenters. The number of piperazine rings is 1. The van der Waals surface area contributed by atoms with Crippen molar-refractivity contribution in [2.24, 2.45) is 0 Å². The summed E-state index contributed by atoms with van der Waals surface area (Å²) in [6, 6.07) is 2.69. The molecule has 178 valence electrons. The number of nitrogens with two attached hydrogens (primary N) is 1. The number of sulfone groups is 1. The Morgan fingerprint density at radius 1 is 1.16 bits per heavy atom. The highest BCUT2D eigenvalue weighted by molar-refractivity contribution is 7.95. The van der Waals surface area contributed by atoms with E-state index in [9.17, 15) is 39.9 Å². The summed E-state index contributed by atoms with van der Waals surface area (Å²) in [5.41, 5.74) is -1.22. The van der Waals surface area contributed by atoms with Crippen molar-refractivity contribution in [2.45, 2.75) is 34.0 Å². The van der Waals surface area contributed by atoms with E-state index in [0.717, 1.165) is 11.3 Å². The van der Waals surface area contributed by atoms with Gasteiger partial charge in [0, 0.05) is 37.6 Å². The highest BCUT2D eigenvalue weighted by atomic mass is 32.2. The Hall–Kier alpha value is -2.17. The Labute approximate surface area is 182 Å². The summed E-state index contributed by atoms with van der Waals surface area (Å²) < 4.78 is 105. The van der Waals surface area contributed by atoms with Crippen LogP contribution in [0.3, 0.4) is 0 Å². The van der Waals surface area contributed by atoms with Gasteiger partial charge in [-0.25, -0.2) is 18.4 Å². The van der Waals surface area contributed by atoms with Crippen LogP contribution in [0.25, 0.3) is 0 Å². The molecule has 1 saturated heterocycles. The molecule has 3 heterocycles. The van der Waals surface area contributed by atoms with Gasteiger partial charge < -0.3 is 21.1 Å². The van der Waals surface area contributed by atoms with Crippen LogP contribution in [0.15, 0.2) is 28.7 Å². The van der Waals surface area contributed by atoms with Gasteiger partial charge in [-0.1, -0.05) is 0 Å². The molecule has 1 aliphatic rings. The van der Waals surface area contributed by atoms with E-state index >= 15 is 0 Å². The highest BCUT2D eigenvalue weighted by Gasteiger charge is 2.71. The van der Waals surface area contributed by atoms with Crippen molar-refractivity contribution < 1.29 is 39.9 Å². The lowest BCUT2D eigenvalue weighted by Gasteiger charge is -2.44. The van der Waals surface area contributed by atoms with Crippen molar-refractivity contribution in [2.75, 3.05) is 30.3 Å². The molecule has 2 aromatic rings. The highest BCUT2D eigenvalue weighted by Crippen LogP contribution is 2.49. The van der Waals surface area contributed by atoms with E-state index in [1.165, 1.54) is 24.0 Å². The molecular formula is C16H17F6N5O3S2. The summed E-state index contributed by atoms with van der Waals surface area (Å²) in [5, 5.41) is 12.6. The van der Waals surface area contributed by atoms with Gasteiger partial charge in [-0.15, -0.1) is 11.3 Å². The van der Waals surface area contributed by atoms with Gasteiger partial charge in [0.1, 0.15) is 4.21 Å². The maximum absolute atomic E-state index is 13.3. The molecule has 0 unspecified atom stereocenters. The Morgan fingerprint density at radius 3 is 2.19 bits per heavy atom. The number of hydrogen-bond acceptors (Lipinski definition) is 9. The number of halogens is 6. The second-order valence-corrected chi connectivity index (χ2v) is 10.8. The summed E-state index contributed by atoms with van der Waals surface area (Å²) >= 11 is 0.807. The average Bonchev–Trinajstić information content (AvgIpc) is 3.13. The minimum absolute atomic E-state index is 0.0151. The van der Waals surface area contributed by atoms with Crippen LogP contribution in [0.2, 0.25) is 0 Å². The van der Waals surface area contributed by atoms with Crippen LogP contribution in [0.4, 0.5) is 37.3 Å². The van der Waals surface area contributed by atoms with E-state index in [1.54, 1.807) is 0 Å². The zero-order valence-corrected chi connectivity index (χ0v) is 17.8. The molecule has 0 saturated carbocycles. The third-order valence-electron chi connectivity index (χ3n) is 5.10. The van der Waals surface area contributed by atoms with Crippen molar-refractivity contribution in [3.63, 3.8) is 0 Å². The fourth-order valence-electron chi connectivity index (χ4n) is 3.23. The maximum Gasteiger partial charge on any atom is 0.430 e. The number of nitrogens with one attached hydrogen (secondary N) is 1. The second kappa shape index (κ2) is 7.71. The third-order valence-corrected chi connectivity index (χ3v) is 8.91. The molecule has 16 heteroatoms. The number of rotatable bonds is 4. The van der Waals surface area contributed by atoms with Gasteiger partial charge in [0.25, 0.3) is 5.60 Å². The van der Waals surface area contributed by atoms with E-state index in [2.05, 4.69) is 15.3 Å². The third kappa shape index (κ3) is 3.68. The van der Waals surface area contributed by atoms with Crippen LogP contribution in [0.5, 0.6) is 0 Å². The average molecular weight is 505 g/mol. The monoisotopic (exact) mass is 505 g/mol. The van der Waals surface area contributed by atoms with Crippen molar-refractivity contribution in [3.8, 4) is 0 Å². The Bertz CT molecular complexity index is 1070. The number of nitrogen functional groups attached to an aromatic ring is 1. The zero-order valence-electron chi connectivity index (χ0n) is 16.2. The lowest BCUT2D eigenvalue weighted by molar-refractivity contribution is -0.376. The second-order valence-electron chi connectivity index (χ2n) is 7.14. The van der Waals surface area contributed by atoms with E-state index in [-0.39, 0.29) is 41.2 Å². The summed E-state index contributed by atoms with van der Waals surface area (Å²) in [7, 11) is -4.11. The van der Waals surface area contributed by atoms with Gasteiger partial charge in [0.05, 0.1) is 5.00 Å². The van der Waals surface area contributed by atoms with Gasteiger partial charge in [0.2, 0.25) is 15.8 Å². The molecular weight excluding hydrogens is 488 g/mol. The van der Waals surface area contributed by atoms with E-state index in [4.69, 9.17) is 5.73 Å². The molecule has 0 amide bonds. The molecule has 3 rings (SSSR count). The molecule has 1 aliphatic heterocycles. The topological polar surface area (TPSA) is 121 Å². The number of hydrogen-bond donors (Lipinski definition) is 3. The van der Waals surface area contributed by atoms with Gasteiger partial charge >= 0.3 is 12.4 Å². The molecule has 4 N–H and O–H groups in total. The smallest absolute Gasteiger partial charge is 0.391 e. The summed E-state index contributed by atoms with van der Waals surface area (Å²) in [6.45, 7) is 1.42. The first kappa shape index (κ1) is 24.5. The van der Waals surface area contributed by atoms with Gasteiger partial charge in [-0.2, -0.15) is 26.3 Å². The number of aromatic nitrogens is 2. The van der Waals surface area contributed by atoms with Crippen molar-refractivity contribution in [1.29, 1.82) is 0 Å². The van der Waals surface area contributed by atoms with E-state index < -0.39 is 44.2 Å². The van der Waals surface area contributed by atoms with Crippen LogP contribution < -0.4 is 16.0 Å². The number of anilines is 2. The van der Waals surface area contributed by atoms with Crippen molar-refractivity contribution in [1.82, 2.24) is 15.3 Å². The van der Waals surface area contributed by atoms with Crippen LogP contribution in [-0.4, -0.2) is 60.4 Å². The number of nitrogens with zero attached hydrogens (tertiary/aromatic N) is 3. The SMILES string of the molecule is C[C@]1(S(=O)(=O)c2ccc(N)s2)CNCCN1c1ncc(C(O)(C(F)(F)F)C(F)(F)F)cn1. The normalized spacial score (nSPS) is 21.1. The van der Waals surface area contributed by atoms with Crippen LogP contribution >= 0.6 is 11.3 Å². The maximum atomic E-state index is 13.3. The van der Waals surface area contributed by atoms with Gasteiger partial charge in [0.15, 0.2) is 4.87 Å². The Kier molecular flexibility index (Phi) is 5.89. The summed E-state index contributed by atoms with van der Waals surface area (Å²) in [4.78, 5) is 6.53. The zero-order chi connectivity index (χ0) is 24.2. The predicted molar refractivity (Wildman–Crippen MR) is 103 cm³/mol. The molecule has 0 bridgehead atoms. The molecule has 0 aliphatic carbocycles. The van der Waals surface area contributed by atoms with E-state index in [1.807, 2.05) is 0 Å². The summed E-state index contributed by atoms with van der Waals surface area (Å²) in [6.07, 6.45) is -11.8. The van der Waals surface area contributed by atoms with Gasteiger partial charge in [-0.05, 0) is 19.1 Å². The van der Waals surface area contributed by atoms with E-state index in [0.29, 0.717) is 0 Å². The van der Waals surface area contributed by atoms with Crippen molar-refractivity contribution in [3.05, 3.63) is 30.1 Å². The molecule has 1 fully saturated rings. The molecule has 0 radical (unpaired) electrons. The van der Waals surface area contributed by atoms with Crippen molar-refractivity contribution >= 4 is 32.1 Å². The Morgan fingerprint density at radius 2 is 1.72 bits per heavy atom. The standard InChI is InChI=1S/C16H17F6N5O3S2/c1-13(32(29,30)11-3-2-10(23)31-11)8-24-4-5-27(13)12-25-6-9(7-26-12)14(28,15(17,18)19)16(20,21)22/h2-3,6-7,24,28H,4-5,8,23H2,1H3/t13-/m0/s1. The van der Waals surface area contributed by atoms with Gasteiger partial charge in [-0.3, -0.25) is 0 Å². The summed E-state index contributed by atoms with van der Waals surface area (Å²) in [5.74, 6) is -0.419. The first-order valence-corrected chi connectivity index (χ1v) is 11.1.